The molecule has 3 atom stereocenters. The standard InChI is InChI=1S/C17H12Cl4O4/c1-2-8-5-6-16(20)14(23)12(18)13(19)15(24)17(16,21)11(8)10-4-3-9(7-22)25-10/h2-5,11,22H,1,6-7H2. The van der Waals surface area contributed by atoms with Crippen molar-refractivity contribution in [2.24, 2.45) is 0 Å². The highest BCUT2D eigenvalue weighted by molar-refractivity contribution is 6.66. The lowest BCUT2D eigenvalue weighted by molar-refractivity contribution is -0.127. The van der Waals surface area contributed by atoms with Crippen molar-refractivity contribution in [3.63, 3.8) is 0 Å². The van der Waals surface area contributed by atoms with Crippen LogP contribution in [-0.2, 0) is 16.2 Å². The Labute approximate surface area is 163 Å². The number of ketones is 2. The minimum atomic E-state index is -1.94. The molecule has 4 nitrogen and oxygen atoms in total. The van der Waals surface area contributed by atoms with Crippen LogP contribution in [0.2, 0.25) is 0 Å². The molecule has 1 aromatic rings. The maximum atomic E-state index is 13.0. The Morgan fingerprint density at radius 3 is 2.44 bits per heavy atom. The Hall–Kier alpha value is -1.04. The molecule has 1 aromatic heterocycles. The summed E-state index contributed by atoms with van der Waals surface area (Å²) in [6.45, 7) is 3.40. The van der Waals surface area contributed by atoms with Gasteiger partial charge in [0.1, 0.15) is 37.9 Å². The molecule has 0 saturated heterocycles. The number of rotatable bonds is 3. The number of aliphatic hydroxyl groups is 1. The number of allylic oxidation sites excluding steroid dienone is 5. The lowest BCUT2D eigenvalue weighted by Crippen LogP contribution is -2.64. The fraction of sp³-hybridized carbons (Fsp3) is 0.294. The Morgan fingerprint density at radius 1 is 1.24 bits per heavy atom. The minimum Gasteiger partial charge on any atom is -0.463 e. The highest BCUT2D eigenvalue weighted by atomic mass is 35.5. The molecule has 1 heterocycles. The number of aliphatic hydroxyl groups excluding tert-OH is 1. The van der Waals surface area contributed by atoms with Crippen LogP contribution in [-0.4, -0.2) is 26.4 Å². The molecule has 0 aliphatic heterocycles. The molecule has 3 rings (SSSR count). The van der Waals surface area contributed by atoms with Crippen molar-refractivity contribution in [3.05, 3.63) is 58.0 Å². The van der Waals surface area contributed by atoms with Gasteiger partial charge < -0.3 is 9.52 Å². The highest BCUT2D eigenvalue weighted by Crippen LogP contribution is 2.59. The monoisotopic (exact) mass is 420 g/mol. The van der Waals surface area contributed by atoms with E-state index in [1.165, 1.54) is 6.08 Å². The number of alkyl halides is 2. The van der Waals surface area contributed by atoms with Gasteiger partial charge in [0.05, 0.1) is 5.92 Å². The normalized spacial score (nSPS) is 32.5. The second kappa shape index (κ2) is 6.29. The third-order valence-electron chi connectivity index (χ3n) is 4.57. The topological polar surface area (TPSA) is 67.5 Å². The Morgan fingerprint density at radius 2 is 1.88 bits per heavy atom. The maximum Gasteiger partial charge on any atom is 0.200 e. The number of halogens is 4. The third kappa shape index (κ3) is 2.39. The van der Waals surface area contributed by atoms with E-state index in [0.29, 0.717) is 5.57 Å². The van der Waals surface area contributed by atoms with Gasteiger partial charge in [-0.3, -0.25) is 9.59 Å². The number of Topliss-reactive ketones (excluding diaryl/α,β-unsaturated/α-hetero) is 2. The summed E-state index contributed by atoms with van der Waals surface area (Å²) in [4.78, 5) is 21.9. The predicted octanol–water partition coefficient (Wildman–Crippen LogP) is 4.17. The van der Waals surface area contributed by atoms with Crippen molar-refractivity contribution < 1.29 is 19.1 Å². The van der Waals surface area contributed by atoms with E-state index in [0.717, 1.165) is 0 Å². The number of carbonyl (C=O) groups is 2. The zero-order chi connectivity index (χ0) is 18.6. The molecule has 2 aliphatic rings. The van der Waals surface area contributed by atoms with Gasteiger partial charge in [-0.25, -0.2) is 0 Å². The van der Waals surface area contributed by atoms with Crippen LogP contribution in [0.25, 0.3) is 0 Å². The molecule has 0 aromatic carbocycles. The molecule has 0 radical (unpaired) electrons. The van der Waals surface area contributed by atoms with Gasteiger partial charge in [0, 0.05) is 0 Å². The van der Waals surface area contributed by atoms with E-state index < -0.39 is 37.3 Å². The van der Waals surface area contributed by atoms with E-state index in [9.17, 15) is 14.7 Å². The Balaban J connectivity index is 2.30. The van der Waals surface area contributed by atoms with Crippen molar-refractivity contribution >= 4 is 58.0 Å². The molecule has 0 saturated carbocycles. The lowest BCUT2D eigenvalue weighted by Gasteiger charge is -2.49. The first-order valence-corrected chi connectivity index (χ1v) is 8.78. The van der Waals surface area contributed by atoms with Crippen LogP contribution in [0.15, 0.2) is 50.9 Å². The molecule has 0 spiro atoms. The summed E-state index contributed by atoms with van der Waals surface area (Å²) >= 11 is 25.2. The maximum absolute atomic E-state index is 13.0. The van der Waals surface area contributed by atoms with Crippen molar-refractivity contribution in [2.75, 3.05) is 0 Å². The van der Waals surface area contributed by atoms with Crippen LogP contribution in [0.5, 0.6) is 0 Å². The van der Waals surface area contributed by atoms with Gasteiger partial charge in [0.25, 0.3) is 0 Å². The zero-order valence-electron chi connectivity index (χ0n) is 12.7. The second-order valence-electron chi connectivity index (χ2n) is 5.81. The molecule has 0 fully saturated rings. The van der Waals surface area contributed by atoms with Crippen LogP contribution < -0.4 is 0 Å². The molecule has 2 aliphatic carbocycles. The summed E-state index contributed by atoms with van der Waals surface area (Å²) in [5, 5.41) is 8.35. The van der Waals surface area contributed by atoms with Gasteiger partial charge in [0.2, 0.25) is 0 Å². The number of carbonyl (C=O) groups excluding carboxylic acids is 2. The summed E-state index contributed by atoms with van der Waals surface area (Å²) in [7, 11) is 0. The Bertz CT molecular complexity index is 853. The van der Waals surface area contributed by atoms with Crippen LogP contribution in [0.4, 0.5) is 0 Å². The number of furan rings is 1. The summed E-state index contributed by atoms with van der Waals surface area (Å²) < 4.78 is 5.57. The molecule has 132 valence electrons. The molecule has 3 unspecified atom stereocenters. The predicted molar refractivity (Wildman–Crippen MR) is 96.2 cm³/mol. The fourth-order valence-electron chi connectivity index (χ4n) is 3.28. The smallest absolute Gasteiger partial charge is 0.200 e. The molecule has 0 amide bonds. The summed E-state index contributed by atoms with van der Waals surface area (Å²) in [5.74, 6) is -1.85. The first kappa shape index (κ1) is 18.7. The zero-order valence-corrected chi connectivity index (χ0v) is 15.7. The van der Waals surface area contributed by atoms with E-state index in [4.69, 9.17) is 50.8 Å². The average Bonchev–Trinajstić information content (AvgIpc) is 3.08. The number of hydrogen-bond acceptors (Lipinski definition) is 4. The quantitative estimate of drug-likeness (QED) is 0.743. The summed E-state index contributed by atoms with van der Waals surface area (Å²) in [5.41, 5.74) is 0.564. The first-order valence-electron chi connectivity index (χ1n) is 7.27. The summed E-state index contributed by atoms with van der Waals surface area (Å²) in [6.07, 6.45) is 3.16. The van der Waals surface area contributed by atoms with Gasteiger partial charge >= 0.3 is 0 Å². The van der Waals surface area contributed by atoms with E-state index in [1.807, 2.05) is 0 Å². The van der Waals surface area contributed by atoms with Crippen LogP contribution in [0.3, 0.4) is 0 Å². The minimum absolute atomic E-state index is 0.0194. The van der Waals surface area contributed by atoms with Crippen LogP contribution in [0.1, 0.15) is 23.9 Å². The fourth-order valence-corrected chi connectivity index (χ4v) is 4.72. The highest BCUT2D eigenvalue weighted by Gasteiger charge is 2.69. The van der Waals surface area contributed by atoms with E-state index >= 15 is 0 Å². The van der Waals surface area contributed by atoms with Gasteiger partial charge in [-0.2, -0.15) is 0 Å². The summed E-state index contributed by atoms with van der Waals surface area (Å²) in [6, 6.07) is 3.10. The van der Waals surface area contributed by atoms with Gasteiger partial charge in [-0.15, -0.1) is 23.2 Å². The third-order valence-corrected chi connectivity index (χ3v) is 6.82. The van der Waals surface area contributed by atoms with Crippen molar-refractivity contribution in [3.8, 4) is 0 Å². The van der Waals surface area contributed by atoms with E-state index in [1.54, 1.807) is 18.2 Å². The van der Waals surface area contributed by atoms with Crippen LogP contribution in [0, 0.1) is 0 Å². The van der Waals surface area contributed by atoms with Gasteiger partial charge in [-0.05, 0) is 24.1 Å². The largest absolute Gasteiger partial charge is 0.463 e. The average molecular weight is 422 g/mol. The van der Waals surface area contributed by atoms with Crippen molar-refractivity contribution in [1.82, 2.24) is 0 Å². The molecule has 1 N–H and O–H groups in total. The van der Waals surface area contributed by atoms with E-state index in [-0.39, 0.29) is 24.5 Å². The first-order chi connectivity index (χ1) is 11.7. The van der Waals surface area contributed by atoms with Gasteiger partial charge in [-0.1, -0.05) is 41.9 Å². The second-order valence-corrected chi connectivity index (χ2v) is 7.80. The number of fused-ring (bicyclic) bond motifs is 1. The van der Waals surface area contributed by atoms with Gasteiger partial charge in [0.15, 0.2) is 11.6 Å². The van der Waals surface area contributed by atoms with Crippen molar-refractivity contribution in [1.29, 1.82) is 0 Å². The van der Waals surface area contributed by atoms with Crippen LogP contribution >= 0.6 is 46.4 Å². The van der Waals surface area contributed by atoms with Crippen molar-refractivity contribution in [2.45, 2.75) is 28.7 Å². The molecule has 0 bridgehead atoms. The molecular weight excluding hydrogens is 410 g/mol. The SMILES string of the molecule is C=CC1=CCC2(Cl)C(=O)C(Cl)=C(Cl)C(=O)C2(Cl)C1c1ccc(CO)o1. The molecular formula is C17H12Cl4O4. The van der Waals surface area contributed by atoms with E-state index in [2.05, 4.69) is 6.58 Å². The molecule has 8 heteroatoms. The lowest BCUT2D eigenvalue weighted by atomic mass is 9.64. The Kier molecular flexibility index (Phi) is 4.71. The number of hydrogen-bond donors (Lipinski definition) is 1. The molecule has 25 heavy (non-hydrogen) atoms.